The first-order valence-electron chi connectivity index (χ1n) is 6.20. The number of nitrogens with zero attached hydrogens (tertiary/aromatic N) is 1. The highest BCUT2D eigenvalue weighted by molar-refractivity contribution is 6.18. The lowest BCUT2D eigenvalue weighted by Crippen LogP contribution is -2.35. The maximum atomic E-state index is 5.76. The van der Waals surface area contributed by atoms with Crippen LogP contribution in [0.3, 0.4) is 0 Å². The molecule has 1 heterocycles. The molecule has 0 aromatic heterocycles. The molecule has 1 saturated heterocycles. The van der Waals surface area contributed by atoms with Gasteiger partial charge in [0, 0.05) is 12.4 Å². The van der Waals surface area contributed by atoms with E-state index >= 15 is 0 Å². The van der Waals surface area contributed by atoms with Gasteiger partial charge in [-0.3, -0.25) is 0 Å². The molecule has 0 atom stereocenters. The number of rotatable bonds is 4. The van der Waals surface area contributed by atoms with Crippen molar-refractivity contribution in [2.45, 2.75) is 19.3 Å². The molecule has 0 spiro atoms. The SMILES string of the molecule is Cl.ClCCN1CCC(Cc2ccccc2)CC1. The van der Waals surface area contributed by atoms with Crippen LogP contribution in [0.1, 0.15) is 18.4 Å². The quantitative estimate of drug-likeness (QED) is 0.758. The Balaban J connectivity index is 0.00000144. The van der Waals surface area contributed by atoms with Gasteiger partial charge in [-0.2, -0.15) is 0 Å². The lowest BCUT2D eigenvalue weighted by Gasteiger charge is -2.31. The van der Waals surface area contributed by atoms with Crippen LogP contribution in [0.5, 0.6) is 0 Å². The maximum Gasteiger partial charge on any atom is 0.0351 e. The van der Waals surface area contributed by atoms with Gasteiger partial charge in [0.05, 0.1) is 0 Å². The van der Waals surface area contributed by atoms with Crippen LogP contribution in [-0.4, -0.2) is 30.4 Å². The summed E-state index contributed by atoms with van der Waals surface area (Å²) < 4.78 is 0. The largest absolute Gasteiger partial charge is 0.302 e. The maximum absolute atomic E-state index is 5.76. The summed E-state index contributed by atoms with van der Waals surface area (Å²) in [6, 6.07) is 10.8. The van der Waals surface area contributed by atoms with Gasteiger partial charge in [-0.15, -0.1) is 24.0 Å². The van der Waals surface area contributed by atoms with Crippen LogP contribution in [0.2, 0.25) is 0 Å². The van der Waals surface area contributed by atoms with Crippen molar-refractivity contribution in [2.24, 2.45) is 5.92 Å². The Bertz CT molecular complexity index is 294. The van der Waals surface area contributed by atoms with E-state index in [1.807, 2.05) is 0 Å². The second-order valence-corrected chi connectivity index (χ2v) is 5.04. The first kappa shape index (κ1) is 14.8. The molecule has 0 N–H and O–H groups in total. The summed E-state index contributed by atoms with van der Waals surface area (Å²) in [4.78, 5) is 2.48. The summed E-state index contributed by atoms with van der Waals surface area (Å²) in [6.07, 6.45) is 3.90. The molecule has 0 saturated carbocycles. The van der Waals surface area contributed by atoms with E-state index in [1.165, 1.54) is 37.9 Å². The Hall–Kier alpha value is -0.240. The summed E-state index contributed by atoms with van der Waals surface area (Å²) in [5.74, 6) is 1.64. The summed E-state index contributed by atoms with van der Waals surface area (Å²) in [7, 11) is 0. The molecule has 17 heavy (non-hydrogen) atoms. The molecule has 0 aliphatic carbocycles. The zero-order valence-corrected chi connectivity index (χ0v) is 11.7. The van der Waals surface area contributed by atoms with Crippen molar-refractivity contribution in [1.82, 2.24) is 4.90 Å². The molecular formula is C14H21Cl2N. The summed E-state index contributed by atoms with van der Waals surface area (Å²) >= 11 is 5.76. The number of hydrogen-bond acceptors (Lipinski definition) is 1. The molecule has 2 rings (SSSR count). The fourth-order valence-corrected chi connectivity index (χ4v) is 2.72. The average molecular weight is 274 g/mol. The number of benzene rings is 1. The van der Waals surface area contributed by atoms with Gasteiger partial charge in [-0.25, -0.2) is 0 Å². The Labute approximate surface area is 116 Å². The fraction of sp³-hybridized carbons (Fsp3) is 0.571. The van der Waals surface area contributed by atoms with E-state index in [1.54, 1.807) is 0 Å². The van der Waals surface area contributed by atoms with E-state index in [4.69, 9.17) is 11.6 Å². The molecule has 1 aromatic carbocycles. The smallest absolute Gasteiger partial charge is 0.0351 e. The van der Waals surface area contributed by atoms with Gasteiger partial charge in [0.2, 0.25) is 0 Å². The van der Waals surface area contributed by atoms with Gasteiger partial charge in [-0.1, -0.05) is 30.3 Å². The van der Waals surface area contributed by atoms with Gasteiger partial charge < -0.3 is 4.90 Å². The number of piperidine rings is 1. The molecule has 0 bridgehead atoms. The van der Waals surface area contributed by atoms with E-state index in [0.717, 1.165) is 18.3 Å². The summed E-state index contributed by atoms with van der Waals surface area (Å²) in [5, 5.41) is 0. The Morgan fingerprint density at radius 3 is 2.35 bits per heavy atom. The summed E-state index contributed by atoms with van der Waals surface area (Å²) in [5.41, 5.74) is 1.48. The van der Waals surface area contributed by atoms with Crippen molar-refractivity contribution >= 4 is 24.0 Å². The van der Waals surface area contributed by atoms with Crippen LogP contribution < -0.4 is 0 Å². The van der Waals surface area contributed by atoms with Crippen molar-refractivity contribution in [3.8, 4) is 0 Å². The van der Waals surface area contributed by atoms with E-state index in [-0.39, 0.29) is 12.4 Å². The van der Waals surface area contributed by atoms with Crippen molar-refractivity contribution in [1.29, 1.82) is 0 Å². The van der Waals surface area contributed by atoms with Crippen LogP contribution in [0, 0.1) is 5.92 Å². The Kier molecular flexibility index (Phi) is 6.94. The Morgan fingerprint density at radius 2 is 1.76 bits per heavy atom. The molecular weight excluding hydrogens is 253 g/mol. The lowest BCUT2D eigenvalue weighted by atomic mass is 9.90. The highest BCUT2D eigenvalue weighted by Crippen LogP contribution is 2.21. The van der Waals surface area contributed by atoms with E-state index in [9.17, 15) is 0 Å². The first-order chi connectivity index (χ1) is 7.88. The number of halogens is 2. The van der Waals surface area contributed by atoms with Crippen LogP contribution in [0.4, 0.5) is 0 Å². The molecule has 1 nitrogen and oxygen atoms in total. The van der Waals surface area contributed by atoms with Crippen LogP contribution in [0.25, 0.3) is 0 Å². The normalized spacial score (nSPS) is 17.7. The number of likely N-dealkylation sites (tertiary alicyclic amines) is 1. The predicted octanol–water partition coefficient (Wildman–Crippen LogP) is 3.60. The van der Waals surface area contributed by atoms with Gasteiger partial charge in [0.25, 0.3) is 0 Å². The second-order valence-electron chi connectivity index (χ2n) is 4.66. The van der Waals surface area contributed by atoms with Crippen LogP contribution in [-0.2, 0) is 6.42 Å². The summed E-state index contributed by atoms with van der Waals surface area (Å²) in [6.45, 7) is 3.51. The number of alkyl halides is 1. The third-order valence-electron chi connectivity index (χ3n) is 3.48. The third kappa shape index (κ3) is 4.87. The van der Waals surface area contributed by atoms with Crippen molar-refractivity contribution in [2.75, 3.05) is 25.5 Å². The van der Waals surface area contributed by atoms with Gasteiger partial charge in [0.15, 0.2) is 0 Å². The van der Waals surface area contributed by atoms with Crippen molar-refractivity contribution in [3.05, 3.63) is 35.9 Å². The van der Waals surface area contributed by atoms with E-state index in [2.05, 4.69) is 35.2 Å². The van der Waals surface area contributed by atoms with Crippen LogP contribution >= 0.6 is 24.0 Å². The molecule has 0 radical (unpaired) electrons. The lowest BCUT2D eigenvalue weighted by molar-refractivity contribution is 0.193. The zero-order valence-electron chi connectivity index (χ0n) is 10.1. The topological polar surface area (TPSA) is 3.24 Å². The van der Waals surface area contributed by atoms with E-state index in [0.29, 0.717) is 0 Å². The monoisotopic (exact) mass is 273 g/mol. The second kappa shape index (κ2) is 7.97. The van der Waals surface area contributed by atoms with E-state index < -0.39 is 0 Å². The highest BCUT2D eigenvalue weighted by Gasteiger charge is 2.18. The minimum atomic E-state index is 0. The van der Waals surface area contributed by atoms with Gasteiger partial charge in [-0.05, 0) is 43.8 Å². The molecule has 0 unspecified atom stereocenters. The standard InChI is InChI=1S/C14H20ClN.ClH/c15-8-11-16-9-6-14(7-10-16)12-13-4-2-1-3-5-13;/h1-5,14H,6-12H2;1H. The third-order valence-corrected chi connectivity index (χ3v) is 3.64. The minimum Gasteiger partial charge on any atom is -0.302 e. The minimum absolute atomic E-state index is 0. The Morgan fingerprint density at radius 1 is 1.12 bits per heavy atom. The molecule has 0 amide bonds. The molecule has 96 valence electrons. The van der Waals surface area contributed by atoms with Crippen LogP contribution in [0.15, 0.2) is 30.3 Å². The first-order valence-corrected chi connectivity index (χ1v) is 6.74. The van der Waals surface area contributed by atoms with Gasteiger partial charge >= 0.3 is 0 Å². The average Bonchev–Trinajstić information content (AvgIpc) is 2.33. The zero-order chi connectivity index (χ0) is 11.2. The highest BCUT2D eigenvalue weighted by atomic mass is 35.5. The van der Waals surface area contributed by atoms with Crippen molar-refractivity contribution in [3.63, 3.8) is 0 Å². The number of hydrogen-bond donors (Lipinski definition) is 0. The predicted molar refractivity (Wildman–Crippen MR) is 77.3 cm³/mol. The fourth-order valence-electron chi connectivity index (χ4n) is 2.48. The van der Waals surface area contributed by atoms with Crippen molar-refractivity contribution < 1.29 is 0 Å². The molecule has 1 aliphatic rings. The van der Waals surface area contributed by atoms with Gasteiger partial charge in [0.1, 0.15) is 0 Å². The molecule has 1 aliphatic heterocycles. The molecule has 3 heteroatoms. The molecule has 1 fully saturated rings. The molecule has 1 aromatic rings.